The van der Waals surface area contributed by atoms with Gasteiger partial charge in [0.1, 0.15) is 0 Å². The first-order chi connectivity index (χ1) is 6.09. The number of aliphatic hydroxyl groups excluding tert-OH is 1. The van der Waals surface area contributed by atoms with Crippen molar-refractivity contribution in [3.63, 3.8) is 0 Å². The van der Waals surface area contributed by atoms with Gasteiger partial charge in [-0.05, 0) is 12.8 Å². The van der Waals surface area contributed by atoms with E-state index in [1.165, 1.54) is 4.90 Å². The highest BCUT2D eigenvalue weighted by Gasteiger charge is 2.34. The molecular weight excluding hydrogens is 168 g/mol. The molecule has 0 bridgehead atoms. The number of urea groups is 1. The van der Waals surface area contributed by atoms with Crippen LogP contribution in [0.4, 0.5) is 4.79 Å². The molecular formula is C9H18N2O2. The van der Waals surface area contributed by atoms with Crippen LogP contribution in [0.3, 0.4) is 0 Å². The van der Waals surface area contributed by atoms with E-state index in [2.05, 4.69) is 5.32 Å². The lowest BCUT2D eigenvalue weighted by Gasteiger charge is -2.29. The standard InChI is InChI=1S/C9H18N2O2/c1-11(2)8(13)10-9(7-12)5-3-4-6-9/h12H,3-7H2,1-2H3,(H,10,13). The van der Waals surface area contributed by atoms with Gasteiger partial charge in [0.05, 0.1) is 12.1 Å². The zero-order valence-electron chi connectivity index (χ0n) is 8.34. The van der Waals surface area contributed by atoms with Crippen molar-refractivity contribution in [1.29, 1.82) is 0 Å². The molecule has 0 atom stereocenters. The first-order valence-electron chi connectivity index (χ1n) is 4.70. The quantitative estimate of drug-likeness (QED) is 0.662. The number of amides is 2. The molecule has 1 fully saturated rings. The Morgan fingerprint density at radius 1 is 1.46 bits per heavy atom. The third-order valence-corrected chi connectivity index (χ3v) is 2.64. The highest BCUT2D eigenvalue weighted by atomic mass is 16.3. The second-order valence-corrected chi connectivity index (χ2v) is 3.97. The van der Waals surface area contributed by atoms with Crippen LogP contribution in [0, 0.1) is 0 Å². The summed E-state index contributed by atoms with van der Waals surface area (Å²) in [5, 5.41) is 12.1. The Bertz CT molecular complexity index is 186. The summed E-state index contributed by atoms with van der Waals surface area (Å²) in [5.74, 6) is 0. The minimum Gasteiger partial charge on any atom is -0.394 e. The maximum Gasteiger partial charge on any atom is 0.317 e. The Hall–Kier alpha value is -0.770. The Kier molecular flexibility index (Phi) is 3.14. The minimum absolute atomic E-state index is 0.0482. The molecule has 4 heteroatoms. The number of carbonyl (C=O) groups excluding carboxylic acids is 1. The summed E-state index contributed by atoms with van der Waals surface area (Å²) in [7, 11) is 3.41. The number of hydrogen-bond acceptors (Lipinski definition) is 2. The van der Waals surface area contributed by atoms with Crippen LogP contribution in [0.25, 0.3) is 0 Å². The fraction of sp³-hybridized carbons (Fsp3) is 0.889. The molecule has 13 heavy (non-hydrogen) atoms. The topological polar surface area (TPSA) is 52.6 Å². The van der Waals surface area contributed by atoms with E-state index in [9.17, 15) is 9.90 Å². The van der Waals surface area contributed by atoms with E-state index in [1.807, 2.05) is 0 Å². The van der Waals surface area contributed by atoms with Crippen molar-refractivity contribution in [2.45, 2.75) is 31.2 Å². The monoisotopic (exact) mass is 186 g/mol. The first kappa shape index (κ1) is 10.3. The van der Waals surface area contributed by atoms with E-state index in [0.29, 0.717) is 0 Å². The number of carbonyl (C=O) groups is 1. The molecule has 0 heterocycles. The van der Waals surface area contributed by atoms with Crippen molar-refractivity contribution in [1.82, 2.24) is 10.2 Å². The number of hydrogen-bond donors (Lipinski definition) is 2. The molecule has 0 aromatic heterocycles. The van der Waals surface area contributed by atoms with Crippen LogP contribution in [0.1, 0.15) is 25.7 Å². The Balaban J connectivity index is 2.53. The van der Waals surface area contributed by atoms with E-state index in [-0.39, 0.29) is 18.2 Å². The molecule has 2 N–H and O–H groups in total. The van der Waals surface area contributed by atoms with Crippen molar-refractivity contribution in [2.24, 2.45) is 0 Å². The van der Waals surface area contributed by atoms with Crippen molar-refractivity contribution >= 4 is 6.03 Å². The largest absolute Gasteiger partial charge is 0.394 e. The highest BCUT2D eigenvalue weighted by Crippen LogP contribution is 2.29. The van der Waals surface area contributed by atoms with Crippen molar-refractivity contribution in [2.75, 3.05) is 20.7 Å². The Morgan fingerprint density at radius 2 is 2.00 bits per heavy atom. The second kappa shape index (κ2) is 3.96. The maximum atomic E-state index is 11.4. The molecule has 0 aliphatic heterocycles. The summed E-state index contributed by atoms with van der Waals surface area (Å²) in [5.41, 5.74) is -0.346. The van der Waals surface area contributed by atoms with E-state index < -0.39 is 0 Å². The van der Waals surface area contributed by atoms with Gasteiger partial charge in [-0.3, -0.25) is 0 Å². The Labute approximate surface area is 78.9 Å². The fourth-order valence-electron chi connectivity index (χ4n) is 1.71. The molecule has 0 aromatic rings. The van der Waals surface area contributed by atoms with Gasteiger partial charge in [0.15, 0.2) is 0 Å². The SMILES string of the molecule is CN(C)C(=O)NC1(CO)CCCC1. The molecule has 1 aliphatic rings. The van der Waals surface area contributed by atoms with Crippen LogP contribution in [-0.4, -0.2) is 42.3 Å². The number of nitrogens with one attached hydrogen (secondary N) is 1. The fourth-order valence-corrected chi connectivity index (χ4v) is 1.71. The van der Waals surface area contributed by atoms with Crippen LogP contribution in [0.15, 0.2) is 0 Å². The van der Waals surface area contributed by atoms with Crippen LogP contribution < -0.4 is 5.32 Å². The van der Waals surface area contributed by atoms with Gasteiger partial charge >= 0.3 is 6.03 Å². The van der Waals surface area contributed by atoms with E-state index in [0.717, 1.165) is 25.7 Å². The van der Waals surface area contributed by atoms with Gasteiger partial charge in [-0.15, -0.1) is 0 Å². The molecule has 0 unspecified atom stereocenters. The molecule has 4 nitrogen and oxygen atoms in total. The van der Waals surface area contributed by atoms with Crippen LogP contribution in [-0.2, 0) is 0 Å². The van der Waals surface area contributed by atoms with Crippen molar-refractivity contribution in [3.05, 3.63) is 0 Å². The Morgan fingerprint density at radius 3 is 2.38 bits per heavy atom. The number of rotatable bonds is 2. The lowest BCUT2D eigenvalue weighted by Crippen LogP contribution is -2.52. The normalized spacial score (nSPS) is 19.9. The zero-order valence-corrected chi connectivity index (χ0v) is 8.34. The molecule has 0 aromatic carbocycles. The molecule has 2 amide bonds. The lowest BCUT2D eigenvalue weighted by atomic mass is 9.99. The van der Waals surface area contributed by atoms with E-state index >= 15 is 0 Å². The van der Waals surface area contributed by atoms with Gasteiger partial charge < -0.3 is 15.3 Å². The summed E-state index contributed by atoms with van der Waals surface area (Å²) in [6.07, 6.45) is 3.97. The average molecular weight is 186 g/mol. The molecule has 1 rings (SSSR count). The molecule has 0 radical (unpaired) electrons. The molecule has 76 valence electrons. The van der Waals surface area contributed by atoms with Gasteiger partial charge in [0.25, 0.3) is 0 Å². The average Bonchev–Trinajstić information content (AvgIpc) is 2.54. The predicted molar refractivity (Wildman–Crippen MR) is 50.5 cm³/mol. The highest BCUT2D eigenvalue weighted by molar-refractivity contribution is 5.74. The first-order valence-corrected chi connectivity index (χ1v) is 4.70. The van der Waals surface area contributed by atoms with Crippen LogP contribution >= 0.6 is 0 Å². The zero-order chi connectivity index (χ0) is 9.90. The maximum absolute atomic E-state index is 11.4. The molecule has 1 saturated carbocycles. The number of nitrogens with zero attached hydrogens (tertiary/aromatic N) is 1. The van der Waals surface area contributed by atoms with Crippen LogP contribution in [0.5, 0.6) is 0 Å². The molecule has 0 saturated heterocycles. The summed E-state index contributed by atoms with van der Waals surface area (Å²) in [6.45, 7) is 0.0482. The minimum atomic E-state index is -0.346. The molecule has 1 aliphatic carbocycles. The van der Waals surface area contributed by atoms with Crippen molar-refractivity contribution < 1.29 is 9.90 Å². The van der Waals surface area contributed by atoms with Gasteiger partial charge in [0.2, 0.25) is 0 Å². The summed E-state index contributed by atoms with van der Waals surface area (Å²) >= 11 is 0. The van der Waals surface area contributed by atoms with E-state index in [4.69, 9.17) is 0 Å². The van der Waals surface area contributed by atoms with Gasteiger partial charge in [-0.25, -0.2) is 4.79 Å². The third-order valence-electron chi connectivity index (χ3n) is 2.64. The smallest absolute Gasteiger partial charge is 0.317 e. The summed E-state index contributed by atoms with van der Waals surface area (Å²) in [4.78, 5) is 12.9. The van der Waals surface area contributed by atoms with Crippen LogP contribution in [0.2, 0.25) is 0 Å². The van der Waals surface area contributed by atoms with E-state index in [1.54, 1.807) is 14.1 Å². The van der Waals surface area contributed by atoms with Crippen molar-refractivity contribution in [3.8, 4) is 0 Å². The second-order valence-electron chi connectivity index (χ2n) is 3.97. The lowest BCUT2D eigenvalue weighted by molar-refractivity contribution is 0.153. The van der Waals surface area contributed by atoms with Gasteiger partial charge in [-0.2, -0.15) is 0 Å². The van der Waals surface area contributed by atoms with Gasteiger partial charge in [0, 0.05) is 14.1 Å². The predicted octanol–water partition coefficient (Wildman–Crippen LogP) is 0.563. The summed E-state index contributed by atoms with van der Waals surface area (Å²) < 4.78 is 0. The summed E-state index contributed by atoms with van der Waals surface area (Å²) in [6, 6.07) is -0.115. The third kappa shape index (κ3) is 2.34. The molecule has 0 spiro atoms. The van der Waals surface area contributed by atoms with Gasteiger partial charge in [-0.1, -0.05) is 12.8 Å². The number of aliphatic hydroxyl groups is 1.